The maximum absolute atomic E-state index is 12.9. The van der Waals surface area contributed by atoms with Crippen LogP contribution in [0.25, 0.3) is 11.1 Å². The normalized spacial score (nSPS) is 11.5. The van der Waals surface area contributed by atoms with Crippen LogP contribution in [0.2, 0.25) is 15.1 Å². The van der Waals surface area contributed by atoms with E-state index < -0.39 is 22.4 Å². The number of nitro benzene ring substituents is 1. The second kappa shape index (κ2) is 5.95. The molecular weight excluding hydrogens is 366 g/mol. The molecule has 2 rings (SSSR count). The average molecular weight is 371 g/mol. The van der Waals surface area contributed by atoms with Crippen molar-refractivity contribution in [3.63, 3.8) is 0 Å². The van der Waals surface area contributed by atoms with E-state index in [9.17, 15) is 23.3 Å². The number of benzene rings is 2. The van der Waals surface area contributed by atoms with E-state index in [2.05, 4.69) is 0 Å². The third kappa shape index (κ3) is 3.29. The highest BCUT2D eigenvalue weighted by Crippen LogP contribution is 2.40. The zero-order valence-corrected chi connectivity index (χ0v) is 12.7. The summed E-state index contributed by atoms with van der Waals surface area (Å²) < 4.78 is 38.8. The van der Waals surface area contributed by atoms with E-state index in [1.807, 2.05) is 0 Å². The van der Waals surface area contributed by atoms with E-state index >= 15 is 0 Å². The van der Waals surface area contributed by atoms with Crippen molar-refractivity contribution in [3.8, 4) is 11.1 Å². The van der Waals surface area contributed by atoms with E-state index in [4.69, 9.17) is 34.8 Å². The molecule has 0 saturated carbocycles. The van der Waals surface area contributed by atoms with Gasteiger partial charge in [-0.3, -0.25) is 10.1 Å². The van der Waals surface area contributed by atoms with Gasteiger partial charge >= 0.3 is 6.18 Å². The Bertz CT molecular complexity index is 740. The summed E-state index contributed by atoms with van der Waals surface area (Å²) in [4.78, 5) is 9.63. The van der Waals surface area contributed by atoms with Gasteiger partial charge in [0.15, 0.2) is 0 Å². The minimum absolute atomic E-state index is 0.0658. The van der Waals surface area contributed by atoms with Crippen LogP contribution < -0.4 is 0 Å². The molecule has 0 aliphatic heterocycles. The second-order valence-corrected chi connectivity index (χ2v) is 5.43. The van der Waals surface area contributed by atoms with E-state index in [1.165, 1.54) is 18.2 Å². The summed E-state index contributed by atoms with van der Waals surface area (Å²) in [7, 11) is 0. The van der Waals surface area contributed by atoms with Crippen molar-refractivity contribution in [2.45, 2.75) is 6.18 Å². The highest BCUT2D eigenvalue weighted by Gasteiger charge is 2.38. The molecule has 0 fully saturated rings. The van der Waals surface area contributed by atoms with Gasteiger partial charge in [0.05, 0.1) is 20.0 Å². The molecule has 116 valence electrons. The molecular formula is C13H5Cl3F3NO2. The number of hydrogen-bond donors (Lipinski definition) is 0. The number of nitrogens with zero attached hydrogens (tertiary/aromatic N) is 1. The van der Waals surface area contributed by atoms with Crippen LogP contribution in [0.15, 0.2) is 30.3 Å². The average Bonchev–Trinajstić information content (AvgIpc) is 2.42. The minimum Gasteiger partial charge on any atom is -0.258 e. The first-order chi connectivity index (χ1) is 10.1. The Balaban J connectivity index is 2.66. The zero-order chi connectivity index (χ0) is 16.7. The topological polar surface area (TPSA) is 43.1 Å². The highest BCUT2D eigenvalue weighted by atomic mass is 35.5. The van der Waals surface area contributed by atoms with Crippen molar-refractivity contribution < 1.29 is 18.1 Å². The first-order valence-electron chi connectivity index (χ1n) is 5.62. The zero-order valence-electron chi connectivity index (χ0n) is 10.4. The van der Waals surface area contributed by atoms with Crippen molar-refractivity contribution in [2.75, 3.05) is 0 Å². The maximum atomic E-state index is 12.9. The van der Waals surface area contributed by atoms with Gasteiger partial charge in [-0.25, -0.2) is 0 Å². The molecule has 0 unspecified atom stereocenters. The van der Waals surface area contributed by atoms with Crippen molar-refractivity contribution in [1.82, 2.24) is 0 Å². The summed E-state index contributed by atoms with van der Waals surface area (Å²) in [6.07, 6.45) is -4.86. The van der Waals surface area contributed by atoms with Crippen LogP contribution in [0, 0.1) is 10.1 Å². The van der Waals surface area contributed by atoms with Gasteiger partial charge in [-0.2, -0.15) is 13.2 Å². The molecule has 0 heterocycles. The summed E-state index contributed by atoms with van der Waals surface area (Å²) in [5.41, 5.74) is -2.03. The van der Waals surface area contributed by atoms with Crippen LogP contribution in [-0.2, 0) is 6.18 Å². The van der Waals surface area contributed by atoms with Crippen LogP contribution >= 0.6 is 34.8 Å². The van der Waals surface area contributed by atoms with Gasteiger partial charge in [-0.05, 0) is 35.4 Å². The number of halogens is 6. The third-order valence-electron chi connectivity index (χ3n) is 2.82. The Morgan fingerprint density at radius 2 is 1.50 bits per heavy atom. The largest absolute Gasteiger partial charge is 0.423 e. The molecule has 9 heteroatoms. The van der Waals surface area contributed by atoms with Crippen LogP contribution in [0.4, 0.5) is 18.9 Å². The highest BCUT2D eigenvalue weighted by molar-refractivity contribution is 6.48. The van der Waals surface area contributed by atoms with Gasteiger partial charge in [-0.15, -0.1) is 0 Å². The van der Waals surface area contributed by atoms with Crippen molar-refractivity contribution in [3.05, 3.63) is 61.1 Å². The first-order valence-corrected chi connectivity index (χ1v) is 6.75. The Morgan fingerprint density at radius 3 is 1.95 bits per heavy atom. The van der Waals surface area contributed by atoms with E-state index in [0.29, 0.717) is 6.07 Å². The summed E-state index contributed by atoms with van der Waals surface area (Å²) >= 11 is 17.4. The van der Waals surface area contributed by atoms with E-state index in [0.717, 1.165) is 6.07 Å². The maximum Gasteiger partial charge on any atom is 0.423 e. The number of hydrogen-bond acceptors (Lipinski definition) is 2. The summed E-state index contributed by atoms with van der Waals surface area (Å²) in [5.74, 6) is 0. The summed E-state index contributed by atoms with van der Waals surface area (Å²) in [6.45, 7) is 0. The lowest BCUT2D eigenvalue weighted by Gasteiger charge is -2.11. The van der Waals surface area contributed by atoms with Gasteiger partial charge in [0.25, 0.3) is 5.69 Å². The van der Waals surface area contributed by atoms with Crippen LogP contribution in [0.3, 0.4) is 0 Å². The molecule has 0 N–H and O–H groups in total. The molecule has 2 aromatic rings. The smallest absolute Gasteiger partial charge is 0.258 e. The Morgan fingerprint density at radius 1 is 0.955 bits per heavy atom. The minimum atomic E-state index is -4.86. The predicted molar refractivity (Wildman–Crippen MR) is 78.6 cm³/mol. The van der Waals surface area contributed by atoms with Crippen molar-refractivity contribution in [2.24, 2.45) is 0 Å². The van der Waals surface area contributed by atoms with Gasteiger partial charge in [0.2, 0.25) is 0 Å². The summed E-state index contributed by atoms with van der Waals surface area (Å²) in [6, 6.07) is 5.31. The lowest BCUT2D eigenvalue weighted by molar-refractivity contribution is -0.388. The van der Waals surface area contributed by atoms with Gasteiger partial charge in [-0.1, -0.05) is 34.8 Å². The van der Waals surface area contributed by atoms with Crippen LogP contribution in [-0.4, -0.2) is 4.92 Å². The third-order valence-corrected chi connectivity index (χ3v) is 4.01. The molecule has 0 radical (unpaired) electrons. The lowest BCUT2D eigenvalue weighted by Crippen LogP contribution is -2.09. The first kappa shape index (κ1) is 16.9. The molecule has 0 aromatic heterocycles. The molecule has 0 amide bonds. The molecule has 2 aromatic carbocycles. The lowest BCUT2D eigenvalue weighted by atomic mass is 10.0. The van der Waals surface area contributed by atoms with Crippen molar-refractivity contribution in [1.29, 1.82) is 0 Å². The SMILES string of the molecule is O=[N+]([O-])c1ccc(-c2cc(Cl)c(Cl)c(Cl)c2)cc1C(F)(F)F. The molecule has 0 atom stereocenters. The predicted octanol–water partition coefficient (Wildman–Crippen LogP) is 6.24. The Hall–Kier alpha value is -1.50. The second-order valence-electron chi connectivity index (χ2n) is 4.24. The fourth-order valence-electron chi connectivity index (χ4n) is 1.82. The Kier molecular flexibility index (Phi) is 4.56. The number of nitro groups is 1. The standard InChI is InChI=1S/C13H5Cl3F3NO2/c14-9-4-7(5-10(15)12(9)16)6-1-2-11(20(21)22)8(3-6)13(17,18)19/h1-5H. The monoisotopic (exact) mass is 369 g/mol. The van der Waals surface area contributed by atoms with Gasteiger partial charge in [0, 0.05) is 6.07 Å². The number of rotatable bonds is 2. The van der Waals surface area contributed by atoms with Crippen LogP contribution in [0.1, 0.15) is 5.56 Å². The van der Waals surface area contributed by atoms with Crippen LogP contribution in [0.5, 0.6) is 0 Å². The fraction of sp³-hybridized carbons (Fsp3) is 0.0769. The van der Waals surface area contributed by atoms with E-state index in [-0.39, 0.29) is 26.2 Å². The molecule has 22 heavy (non-hydrogen) atoms. The van der Waals surface area contributed by atoms with Gasteiger partial charge in [0.1, 0.15) is 5.56 Å². The fourth-order valence-corrected chi connectivity index (χ4v) is 2.42. The van der Waals surface area contributed by atoms with Crippen molar-refractivity contribution >= 4 is 40.5 Å². The molecule has 0 spiro atoms. The number of alkyl halides is 3. The molecule has 0 bridgehead atoms. The summed E-state index contributed by atoms with van der Waals surface area (Å²) in [5, 5.41) is 10.9. The Labute approximate surface area is 137 Å². The molecule has 3 nitrogen and oxygen atoms in total. The van der Waals surface area contributed by atoms with Gasteiger partial charge < -0.3 is 0 Å². The molecule has 0 saturated heterocycles. The van der Waals surface area contributed by atoms with E-state index in [1.54, 1.807) is 0 Å². The molecule has 0 aliphatic rings. The molecule has 0 aliphatic carbocycles. The quantitative estimate of drug-likeness (QED) is 0.357.